The summed E-state index contributed by atoms with van der Waals surface area (Å²) in [6.45, 7) is 1.88. The summed E-state index contributed by atoms with van der Waals surface area (Å²) in [6, 6.07) is 16.7. The normalized spacial score (nSPS) is 11.2. The van der Waals surface area contributed by atoms with Crippen LogP contribution in [0.5, 0.6) is 5.75 Å². The average Bonchev–Trinajstić information content (AvgIpc) is 2.86. The van der Waals surface area contributed by atoms with E-state index in [0.717, 1.165) is 29.5 Å². The maximum absolute atomic E-state index is 14.3. The van der Waals surface area contributed by atoms with Gasteiger partial charge in [0.15, 0.2) is 5.82 Å². The number of aromatic nitrogens is 2. The summed E-state index contributed by atoms with van der Waals surface area (Å²) in [4.78, 5) is 20.7. The first kappa shape index (κ1) is 25.9. The van der Waals surface area contributed by atoms with Crippen LogP contribution in [0.1, 0.15) is 21.5 Å². The molecule has 0 aliphatic rings. The van der Waals surface area contributed by atoms with Gasteiger partial charge < -0.3 is 15.4 Å². The maximum atomic E-state index is 14.3. The number of benzene rings is 3. The number of ether oxygens (including phenoxy) is 1. The van der Waals surface area contributed by atoms with Crippen molar-refractivity contribution in [2.45, 2.75) is 19.2 Å². The zero-order chi connectivity index (χ0) is 26.6. The van der Waals surface area contributed by atoms with Gasteiger partial charge in [-0.05, 0) is 72.6 Å². The Hall–Kier alpha value is -4.18. The van der Waals surface area contributed by atoms with E-state index in [4.69, 9.17) is 11.6 Å². The lowest BCUT2D eigenvalue weighted by atomic mass is 10.1. The summed E-state index contributed by atoms with van der Waals surface area (Å²) in [5.41, 5.74) is 3.50. The van der Waals surface area contributed by atoms with E-state index in [-0.39, 0.29) is 23.1 Å². The predicted molar refractivity (Wildman–Crippen MR) is 133 cm³/mol. The number of carbonyl (C=O) groups is 1. The first-order valence-electron chi connectivity index (χ1n) is 10.8. The molecule has 0 aliphatic carbocycles. The van der Waals surface area contributed by atoms with Crippen LogP contribution < -0.4 is 15.4 Å². The van der Waals surface area contributed by atoms with E-state index < -0.39 is 17.9 Å². The smallest absolute Gasteiger partial charge is 0.406 e. The Bertz CT molecular complexity index is 1410. The fourth-order valence-electron chi connectivity index (χ4n) is 3.36. The van der Waals surface area contributed by atoms with Crippen LogP contribution in [0.2, 0.25) is 0 Å². The lowest BCUT2D eigenvalue weighted by molar-refractivity contribution is -0.274. The Morgan fingerprint density at radius 3 is 2.38 bits per heavy atom. The molecule has 4 rings (SSSR count). The van der Waals surface area contributed by atoms with E-state index in [2.05, 4.69) is 25.3 Å². The Kier molecular flexibility index (Phi) is 7.58. The van der Waals surface area contributed by atoms with E-state index >= 15 is 0 Å². The largest absolute Gasteiger partial charge is 0.573 e. The number of hydrogen-bond donors (Lipinski definition) is 2. The van der Waals surface area contributed by atoms with Gasteiger partial charge >= 0.3 is 6.36 Å². The number of amides is 1. The zero-order valence-corrected chi connectivity index (χ0v) is 20.0. The first-order valence-corrected chi connectivity index (χ1v) is 11.4. The Morgan fingerprint density at radius 2 is 1.73 bits per heavy atom. The monoisotopic (exact) mass is 530 g/mol. The van der Waals surface area contributed by atoms with Gasteiger partial charge in [0.25, 0.3) is 5.91 Å². The number of nitrogens with one attached hydrogen (secondary N) is 2. The molecule has 37 heavy (non-hydrogen) atoms. The molecule has 0 spiro atoms. The molecular formula is C26H19ClF4N4O2. The van der Waals surface area contributed by atoms with Crippen molar-refractivity contribution in [2.24, 2.45) is 0 Å². The number of anilines is 3. The predicted octanol–water partition coefficient (Wildman–Crippen LogP) is 7.22. The average molecular weight is 531 g/mol. The minimum atomic E-state index is -4.83. The van der Waals surface area contributed by atoms with Crippen molar-refractivity contribution in [1.82, 2.24) is 9.97 Å². The Balaban J connectivity index is 1.46. The molecule has 190 valence electrons. The van der Waals surface area contributed by atoms with E-state index in [0.29, 0.717) is 22.8 Å². The summed E-state index contributed by atoms with van der Waals surface area (Å²) >= 11 is 5.88. The van der Waals surface area contributed by atoms with E-state index in [1.807, 2.05) is 25.1 Å². The highest BCUT2D eigenvalue weighted by molar-refractivity contribution is 6.17. The molecule has 0 aliphatic heterocycles. The fraction of sp³-hybridized carbons (Fsp3) is 0.115. The van der Waals surface area contributed by atoms with Crippen molar-refractivity contribution >= 4 is 34.8 Å². The van der Waals surface area contributed by atoms with Crippen molar-refractivity contribution in [1.29, 1.82) is 0 Å². The van der Waals surface area contributed by atoms with Gasteiger partial charge in [-0.15, -0.1) is 24.8 Å². The lowest BCUT2D eigenvalue weighted by Crippen LogP contribution is -2.16. The molecule has 0 atom stereocenters. The SMILES string of the molecule is Cc1ccc(CCl)cc1NC(=O)c1ccc(Nc2ncc(F)c(-c3ccc(OC(F)(F)F)cc3)n2)cc1. The summed E-state index contributed by atoms with van der Waals surface area (Å²) in [7, 11) is 0. The summed E-state index contributed by atoms with van der Waals surface area (Å²) in [5, 5.41) is 5.78. The minimum Gasteiger partial charge on any atom is -0.406 e. The quantitative estimate of drug-likeness (QED) is 0.195. The van der Waals surface area contributed by atoms with Gasteiger partial charge in [-0.3, -0.25) is 4.79 Å². The van der Waals surface area contributed by atoms with Crippen molar-refractivity contribution < 1.29 is 27.1 Å². The highest BCUT2D eigenvalue weighted by Crippen LogP contribution is 2.28. The van der Waals surface area contributed by atoms with Crippen LogP contribution in [0, 0.1) is 12.7 Å². The second-order valence-electron chi connectivity index (χ2n) is 7.90. The van der Waals surface area contributed by atoms with Gasteiger partial charge in [-0.1, -0.05) is 12.1 Å². The standard InChI is InChI=1S/C26H19ClF4N4O2/c1-15-2-3-16(13-27)12-22(15)34-24(36)18-4-8-19(9-5-18)33-25-32-14-21(28)23(35-25)17-6-10-20(11-7-17)37-26(29,30)31/h2-12,14H,13H2,1H3,(H,34,36)(H,32,33,35). The molecule has 1 amide bonds. The minimum absolute atomic E-state index is 0.0535. The molecule has 4 aromatic rings. The molecule has 0 unspecified atom stereocenters. The third kappa shape index (κ3) is 6.73. The summed E-state index contributed by atoms with van der Waals surface area (Å²) in [6.07, 6.45) is -3.88. The van der Waals surface area contributed by atoms with E-state index in [9.17, 15) is 22.4 Å². The fourth-order valence-corrected chi connectivity index (χ4v) is 3.53. The number of halogens is 5. The van der Waals surface area contributed by atoms with E-state index in [1.165, 1.54) is 12.1 Å². The Morgan fingerprint density at radius 1 is 1.03 bits per heavy atom. The van der Waals surface area contributed by atoms with Crippen LogP contribution in [0.15, 0.2) is 72.9 Å². The van der Waals surface area contributed by atoms with Gasteiger partial charge in [0.2, 0.25) is 5.95 Å². The first-order chi connectivity index (χ1) is 17.6. The van der Waals surface area contributed by atoms with Gasteiger partial charge in [-0.2, -0.15) is 0 Å². The highest BCUT2D eigenvalue weighted by atomic mass is 35.5. The van der Waals surface area contributed by atoms with Gasteiger partial charge in [0, 0.05) is 28.4 Å². The molecule has 0 radical (unpaired) electrons. The van der Waals surface area contributed by atoms with Crippen molar-refractivity contribution in [3.8, 4) is 17.0 Å². The summed E-state index contributed by atoms with van der Waals surface area (Å²) in [5.74, 6) is -1.11. The topological polar surface area (TPSA) is 76.1 Å². The zero-order valence-electron chi connectivity index (χ0n) is 19.2. The molecule has 0 bridgehead atoms. The molecule has 1 aromatic heterocycles. The van der Waals surface area contributed by atoms with Crippen LogP contribution in [-0.2, 0) is 5.88 Å². The number of hydrogen-bond acceptors (Lipinski definition) is 5. The van der Waals surface area contributed by atoms with Crippen LogP contribution in [0.4, 0.5) is 34.9 Å². The number of alkyl halides is 4. The molecule has 1 heterocycles. The van der Waals surface area contributed by atoms with Gasteiger partial charge in [0.1, 0.15) is 11.4 Å². The van der Waals surface area contributed by atoms with Crippen LogP contribution in [-0.4, -0.2) is 22.2 Å². The Labute approximate surface area is 214 Å². The van der Waals surface area contributed by atoms with Gasteiger partial charge in [0.05, 0.1) is 6.20 Å². The second kappa shape index (κ2) is 10.8. The molecule has 3 aromatic carbocycles. The molecule has 11 heteroatoms. The van der Waals surface area contributed by atoms with Crippen molar-refractivity contribution in [3.63, 3.8) is 0 Å². The van der Waals surface area contributed by atoms with Crippen molar-refractivity contribution in [2.75, 3.05) is 10.6 Å². The molecule has 2 N–H and O–H groups in total. The van der Waals surface area contributed by atoms with Crippen LogP contribution in [0.25, 0.3) is 11.3 Å². The molecule has 0 fully saturated rings. The molecular weight excluding hydrogens is 512 g/mol. The van der Waals surface area contributed by atoms with E-state index in [1.54, 1.807) is 24.3 Å². The highest BCUT2D eigenvalue weighted by Gasteiger charge is 2.31. The third-order valence-electron chi connectivity index (χ3n) is 5.21. The lowest BCUT2D eigenvalue weighted by Gasteiger charge is -2.11. The van der Waals surface area contributed by atoms with Gasteiger partial charge in [-0.25, -0.2) is 14.4 Å². The van der Waals surface area contributed by atoms with Crippen molar-refractivity contribution in [3.05, 3.63) is 95.4 Å². The molecule has 0 saturated carbocycles. The third-order valence-corrected chi connectivity index (χ3v) is 5.52. The number of nitrogens with zero attached hydrogens (tertiary/aromatic N) is 2. The molecule has 0 saturated heterocycles. The van der Waals surface area contributed by atoms with Crippen LogP contribution >= 0.6 is 11.6 Å². The second-order valence-corrected chi connectivity index (χ2v) is 8.17. The molecule has 6 nitrogen and oxygen atoms in total. The summed E-state index contributed by atoms with van der Waals surface area (Å²) < 4.78 is 55.3. The number of aryl methyl sites for hydroxylation is 1. The number of rotatable bonds is 7. The number of carbonyl (C=O) groups excluding carboxylic acids is 1. The van der Waals surface area contributed by atoms with Crippen LogP contribution in [0.3, 0.4) is 0 Å². The maximum Gasteiger partial charge on any atom is 0.573 e.